The molecular formula is C15H10F6N4O3S2. The Bertz CT molecular complexity index is 1280. The molecule has 30 heavy (non-hydrogen) atoms. The van der Waals surface area contributed by atoms with E-state index in [1.807, 2.05) is 0 Å². The molecule has 3 aromatic rings. The molecule has 0 aliphatic carbocycles. The number of halogens is 6. The molecule has 162 valence electrons. The van der Waals surface area contributed by atoms with E-state index in [2.05, 4.69) is 10.1 Å². The van der Waals surface area contributed by atoms with Crippen LogP contribution >= 0.6 is 11.8 Å². The SMILES string of the molecule is CCS(=O)(=O)c1cc(C(F)(F)F)cnc1-n1nc2cc(SC(F)(F)F)ccn2c1=O. The van der Waals surface area contributed by atoms with E-state index in [4.69, 9.17) is 0 Å². The fraction of sp³-hybridized carbons (Fsp3) is 0.267. The van der Waals surface area contributed by atoms with E-state index in [0.29, 0.717) is 16.9 Å². The topological polar surface area (TPSA) is 86.3 Å². The van der Waals surface area contributed by atoms with Gasteiger partial charge in [-0.05, 0) is 30.0 Å². The zero-order valence-corrected chi connectivity index (χ0v) is 16.3. The van der Waals surface area contributed by atoms with Gasteiger partial charge in [-0.3, -0.25) is 0 Å². The lowest BCUT2D eigenvalue weighted by Gasteiger charge is -2.11. The molecule has 0 aromatic carbocycles. The van der Waals surface area contributed by atoms with Crippen molar-refractivity contribution in [2.75, 3.05) is 5.75 Å². The van der Waals surface area contributed by atoms with Crippen molar-refractivity contribution in [3.05, 3.63) is 46.6 Å². The number of aromatic nitrogens is 4. The summed E-state index contributed by atoms with van der Waals surface area (Å²) in [5.74, 6) is -1.28. The maximum Gasteiger partial charge on any atom is 0.446 e. The van der Waals surface area contributed by atoms with Gasteiger partial charge in [0.15, 0.2) is 21.3 Å². The molecule has 0 saturated carbocycles. The summed E-state index contributed by atoms with van der Waals surface area (Å²) in [6, 6.07) is 2.25. The number of hydrogen-bond acceptors (Lipinski definition) is 6. The molecule has 15 heteroatoms. The molecule has 3 heterocycles. The van der Waals surface area contributed by atoms with Crippen molar-refractivity contribution in [2.24, 2.45) is 0 Å². The summed E-state index contributed by atoms with van der Waals surface area (Å²) in [4.78, 5) is 14.8. The molecule has 0 N–H and O–H groups in total. The van der Waals surface area contributed by atoms with Crippen LogP contribution in [0.15, 0.2) is 45.2 Å². The van der Waals surface area contributed by atoms with E-state index in [1.54, 1.807) is 0 Å². The zero-order chi connectivity index (χ0) is 22.5. The highest BCUT2D eigenvalue weighted by Crippen LogP contribution is 2.37. The third-order valence-electron chi connectivity index (χ3n) is 3.81. The van der Waals surface area contributed by atoms with Gasteiger partial charge in [0.2, 0.25) is 0 Å². The Kier molecular flexibility index (Phi) is 5.39. The van der Waals surface area contributed by atoms with Gasteiger partial charge in [-0.2, -0.15) is 31.0 Å². The molecule has 0 fully saturated rings. The third kappa shape index (κ3) is 4.30. The van der Waals surface area contributed by atoms with Crippen LogP contribution in [0.2, 0.25) is 0 Å². The van der Waals surface area contributed by atoms with Gasteiger partial charge in [0.05, 0.1) is 11.3 Å². The van der Waals surface area contributed by atoms with Crippen molar-refractivity contribution in [1.82, 2.24) is 19.2 Å². The van der Waals surface area contributed by atoms with Gasteiger partial charge in [0.1, 0.15) is 4.90 Å². The predicted octanol–water partition coefficient (Wildman–Crippen LogP) is 3.30. The monoisotopic (exact) mass is 472 g/mol. The number of thioether (sulfide) groups is 1. The van der Waals surface area contributed by atoms with Gasteiger partial charge in [0, 0.05) is 17.3 Å². The standard InChI is InChI=1S/C15H10F6N4O3S2/c1-2-30(27,28)10-5-8(14(16,17)18)7-22-12(10)25-13(26)24-4-3-9(6-11(24)23-25)29-15(19,20)21/h3-7H,2H2,1H3. The summed E-state index contributed by atoms with van der Waals surface area (Å²) in [6.07, 6.45) is -3.57. The van der Waals surface area contributed by atoms with E-state index in [1.165, 1.54) is 6.92 Å². The van der Waals surface area contributed by atoms with Crippen LogP contribution in [-0.2, 0) is 16.0 Å². The molecule has 3 rings (SSSR count). The largest absolute Gasteiger partial charge is 0.446 e. The Morgan fingerprint density at radius 1 is 1.13 bits per heavy atom. The van der Waals surface area contributed by atoms with Gasteiger partial charge < -0.3 is 0 Å². The molecule has 0 bridgehead atoms. The van der Waals surface area contributed by atoms with Crippen LogP contribution in [0.5, 0.6) is 0 Å². The summed E-state index contributed by atoms with van der Waals surface area (Å²) in [5, 5.41) is 3.75. The van der Waals surface area contributed by atoms with Crippen LogP contribution in [0, 0.1) is 0 Å². The number of alkyl halides is 6. The number of fused-ring (bicyclic) bond motifs is 1. The van der Waals surface area contributed by atoms with Crippen molar-refractivity contribution >= 4 is 27.2 Å². The first-order chi connectivity index (χ1) is 13.7. The smallest absolute Gasteiger partial charge is 0.250 e. The van der Waals surface area contributed by atoms with Crippen LogP contribution in [0.25, 0.3) is 11.5 Å². The molecular weight excluding hydrogens is 462 g/mol. The molecule has 0 aliphatic rings. The Labute approximate surface area is 168 Å². The summed E-state index contributed by atoms with van der Waals surface area (Å²) in [6.45, 7) is 1.19. The zero-order valence-electron chi connectivity index (χ0n) is 14.7. The van der Waals surface area contributed by atoms with E-state index >= 15 is 0 Å². The first-order valence-corrected chi connectivity index (χ1v) is 10.4. The fourth-order valence-electron chi connectivity index (χ4n) is 2.43. The van der Waals surface area contributed by atoms with Gasteiger partial charge in [-0.1, -0.05) is 6.92 Å². The van der Waals surface area contributed by atoms with Crippen molar-refractivity contribution in [3.8, 4) is 5.82 Å². The van der Waals surface area contributed by atoms with Crippen molar-refractivity contribution in [1.29, 1.82) is 0 Å². The third-order valence-corrected chi connectivity index (χ3v) is 6.26. The minimum absolute atomic E-state index is 0.282. The van der Waals surface area contributed by atoms with E-state index in [-0.39, 0.29) is 10.5 Å². The second-order valence-electron chi connectivity index (χ2n) is 5.78. The minimum Gasteiger partial charge on any atom is -0.250 e. The second-order valence-corrected chi connectivity index (χ2v) is 9.16. The van der Waals surface area contributed by atoms with Crippen LogP contribution in [0.1, 0.15) is 12.5 Å². The normalized spacial score (nSPS) is 13.2. The molecule has 3 aromatic heterocycles. The fourth-order valence-corrected chi connectivity index (χ4v) is 4.02. The number of hydrogen-bond donors (Lipinski definition) is 0. The summed E-state index contributed by atoms with van der Waals surface area (Å²) >= 11 is -0.459. The highest BCUT2D eigenvalue weighted by atomic mass is 32.2. The lowest BCUT2D eigenvalue weighted by molar-refractivity contribution is -0.138. The molecule has 0 aliphatic heterocycles. The van der Waals surface area contributed by atoms with Crippen LogP contribution < -0.4 is 5.69 Å². The Hall–Kier alpha value is -2.55. The van der Waals surface area contributed by atoms with E-state index in [9.17, 15) is 39.6 Å². The Balaban J connectivity index is 2.24. The van der Waals surface area contributed by atoms with Gasteiger partial charge in [-0.25, -0.2) is 22.6 Å². The van der Waals surface area contributed by atoms with Crippen LogP contribution in [0.3, 0.4) is 0 Å². The van der Waals surface area contributed by atoms with Crippen LogP contribution in [0.4, 0.5) is 26.3 Å². The molecule has 0 radical (unpaired) electrons. The maximum atomic E-state index is 13.0. The number of rotatable bonds is 4. The van der Waals surface area contributed by atoms with Crippen molar-refractivity contribution in [3.63, 3.8) is 0 Å². The molecule has 7 nitrogen and oxygen atoms in total. The van der Waals surface area contributed by atoms with Gasteiger partial charge in [0.25, 0.3) is 0 Å². The molecule has 0 saturated heterocycles. The summed E-state index contributed by atoms with van der Waals surface area (Å²) in [5.41, 5.74) is -7.25. The number of nitrogens with zero attached hydrogens (tertiary/aromatic N) is 4. The van der Waals surface area contributed by atoms with Gasteiger partial charge in [-0.15, -0.1) is 5.10 Å². The predicted molar refractivity (Wildman–Crippen MR) is 93.2 cm³/mol. The average molecular weight is 472 g/mol. The van der Waals surface area contributed by atoms with Crippen molar-refractivity contribution < 1.29 is 34.8 Å². The number of pyridine rings is 2. The average Bonchev–Trinajstić information content (AvgIpc) is 2.95. The maximum absolute atomic E-state index is 13.0. The second kappa shape index (κ2) is 7.30. The molecule has 0 unspecified atom stereocenters. The Morgan fingerprint density at radius 3 is 2.37 bits per heavy atom. The number of sulfone groups is 1. The summed E-state index contributed by atoms with van der Waals surface area (Å²) in [7, 11) is -4.27. The molecule has 0 spiro atoms. The highest BCUT2D eigenvalue weighted by Gasteiger charge is 2.34. The van der Waals surface area contributed by atoms with E-state index < -0.39 is 61.0 Å². The quantitative estimate of drug-likeness (QED) is 0.428. The molecule has 0 atom stereocenters. The molecule has 0 amide bonds. The van der Waals surface area contributed by atoms with E-state index in [0.717, 1.165) is 22.7 Å². The first kappa shape index (κ1) is 22.1. The van der Waals surface area contributed by atoms with Crippen LogP contribution in [-0.4, -0.2) is 38.8 Å². The minimum atomic E-state index is -4.89. The van der Waals surface area contributed by atoms with Gasteiger partial charge >= 0.3 is 17.4 Å². The summed E-state index contributed by atoms with van der Waals surface area (Å²) < 4.78 is 103. The highest BCUT2D eigenvalue weighted by molar-refractivity contribution is 8.00. The first-order valence-electron chi connectivity index (χ1n) is 7.90. The Morgan fingerprint density at radius 2 is 1.80 bits per heavy atom. The lowest BCUT2D eigenvalue weighted by Crippen LogP contribution is -2.23. The lowest BCUT2D eigenvalue weighted by atomic mass is 10.3. The van der Waals surface area contributed by atoms with Crippen molar-refractivity contribution in [2.45, 2.75) is 28.4 Å².